The van der Waals surface area contributed by atoms with Gasteiger partial charge in [-0.2, -0.15) is 13.8 Å². The number of fused-ring (bicyclic) bond motifs is 5. The van der Waals surface area contributed by atoms with Crippen LogP contribution in [0.25, 0.3) is 0 Å². The zero-order chi connectivity index (χ0) is 40.1. The van der Waals surface area contributed by atoms with Crippen LogP contribution in [0.3, 0.4) is 0 Å². The van der Waals surface area contributed by atoms with E-state index < -0.39 is 59.6 Å². The van der Waals surface area contributed by atoms with Gasteiger partial charge in [0.1, 0.15) is 30.1 Å². The first-order valence-corrected chi connectivity index (χ1v) is 18.1. The molecular formula is C39H69N2O10Y7-3. The molecule has 0 spiro atoms. The van der Waals surface area contributed by atoms with Gasteiger partial charge in [0.2, 0.25) is 0 Å². The molecule has 0 unspecified atom stereocenters. The topological polar surface area (TPSA) is 135 Å². The molecule has 0 saturated carbocycles. The van der Waals surface area contributed by atoms with E-state index in [4.69, 9.17) is 34.6 Å². The number of carbonyl (C=O) groups excluding carboxylic acids is 2. The third-order valence-electron chi connectivity index (χ3n) is 10.5. The van der Waals surface area contributed by atoms with E-state index in [-0.39, 0.29) is 278 Å². The second-order valence-electron chi connectivity index (χ2n) is 14.5. The Labute approximate surface area is 530 Å². The van der Waals surface area contributed by atoms with Gasteiger partial charge < -0.3 is 62.4 Å². The predicted molar refractivity (Wildman–Crippen MR) is 199 cm³/mol. The number of aliphatic hydroxyl groups is 1. The number of oxime groups is 1. The quantitative estimate of drug-likeness (QED) is 0.152. The Kier molecular flexibility index (Phi) is 48.7. The normalized spacial score (nSPS) is 34.8. The van der Waals surface area contributed by atoms with Crippen LogP contribution in [0, 0.1) is 38.0 Å². The molecule has 3 saturated heterocycles. The number of esters is 1. The van der Waals surface area contributed by atoms with Crippen LogP contribution in [0.4, 0.5) is 0 Å². The van der Waals surface area contributed by atoms with Crippen molar-refractivity contribution in [1.29, 1.82) is 0 Å². The van der Waals surface area contributed by atoms with E-state index in [0.29, 0.717) is 18.7 Å². The van der Waals surface area contributed by atoms with E-state index in [9.17, 15) is 14.7 Å². The minimum absolute atomic E-state index is 0. The van der Waals surface area contributed by atoms with Crippen molar-refractivity contribution >= 4 is 17.5 Å². The average Bonchev–Trinajstić information content (AvgIpc) is 3.13. The summed E-state index contributed by atoms with van der Waals surface area (Å²) in [5.74, 6) is -2.82. The Bertz CT molecular complexity index is 1180. The van der Waals surface area contributed by atoms with E-state index >= 15 is 0 Å². The van der Waals surface area contributed by atoms with Crippen LogP contribution < -0.4 is 0 Å². The summed E-state index contributed by atoms with van der Waals surface area (Å²) in [5, 5.41) is 16.4. The van der Waals surface area contributed by atoms with Gasteiger partial charge in [-0.3, -0.25) is 4.79 Å². The van der Waals surface area contributed by atoms with Crippen molar-refractivity contribution in [2.24, 2.45) is 22.9 Å². The minimum Gasteiger partial charge on any atom is -0.481 e. The SMILES string of the molecule is C=C1[C@H](C)C[C@@]2(C)OCC(=NOCC)CO[C@H]([C@H]1C)[C@](C)(O)[C@@H](CC)OC(=O)[C-](C)C(=O)[C@H](C)[C@H]2O[C@@H]1O[C@H](C)C[C@H](N(C)C)[C@H]1OC.[3H][CH2-].[CH2-]C.[Y].[Y].[Y].[Y].[Y].[Y].[Y]. The summed E-state index contributed by atoms with van der Waals surface area (Å²) in [6, 6.07) is -0.0184. The molecule has 3 fully saturated rings. The second kappa shape index (κ2) is 37.5. The molecule has 0 aromatic rings. The maximum absolute atomic E-state index is 14.3. The van der Waals surface area contributed by atoms with E-state index in [0.717, 1.165) is 12.0 Å². The zero-order valence-electron chi connectivity index (χ0n) is 38.7. The van der Waals surface area contributed by atoms with Gasteiger partial charge in [0.05, 0.1) is 37.1 Å². The molecule has 1 N–H and O–H groups in total. The number of nitrogens with zero attached hydrogens (tertiary/aromatic N) is 2. The summed E-state index contributed by atoms with van der Waals surface area (Å²) >= 11 is 0. The molecule has 3 rings (SSSR count). The van der Waals surface area contributed by atoms with E-state index in [1.165, 1.54) is 6.92 Å². The number of methoxy groups -OCH3 is 1. The molecule has 0 aliphatic carbocycles. The number of hydrogen-bond acceptors (Lipinski definition) is 12. The summed E-state index contributed by atoms with van der Waals surface area (Å²) in [6.07, 6.45) is -2.86. The smallest absolute Gasteiger partial charge is 0.186 e. The maximum atomic E-state index is 14.3. The first kappa shape index (κ1) is 75.2. The zero-order valence-corrected chi connectivity index (χ0v) is 57.6. The fourth-order valence-electron chi connectivity index (χ4n) is 7.57. The van der Waals surface area contributed by atoms with Gasteiger partial charge in [0, 0.05) is 260 Å². The van der Waals surface area contributed by atoms with Crippen molar-refractivity contribution < 1.29 is 278 Å². The number of ketones is 1. The van der Waals surface area contributed by atoms with Crippen molar-refractivity contribution in [2.75, 3.05) is 41.0 Å². The van der Waals surface area contributed by atoms with Gasteiger partial charge in [-0.15, -0.1) is 0 Å². The molecule has 3 aliphatic rings. The number of hydrogen-bond donors (Lipinski definition) is 1. The maximum Gasteiger partial charge on any atom is 0.186 e. The van der Waals surface area contributed by atoms with E-state index in [2.05, 4.69) is 31.0 Å². The molecular weight excluding hydrogens is 1280 g/mol. The Balaban J connectivity index is -0.000000476. The molecule has 319 valence electrons. The predicted octanol–water partition coefficient (Wildman–Crippen LogP) is 5.40. The molecule has 58 heavy (non-hydrogen) atoms. The van der Waals surface area contributed by atoms with Gasteiger partial charge in [-0.05, 0) is 67.0 Å². The van der Waals surface area contributed by atoms with Crippen molar-refractivity contribution in [1.82, 2.24) is 4.90 Å². The summed E-state index contributed by atoms with van der Waals surface area (Å²) < 4.78 is 43.9. The largest absolute Gasteiger partial charge is 0.481 e. The number of carbonyl (C=O) groups is 2. The molecule has 12 nitrogen and oxygen atoms in total. The minimum atomic E-state index is -1.65. The van der Waals surface area contributed by atoms with Crippen LogP contribution in [0.1, 0.15) is 89.9 Å². The van der Waals surface area contributed by atoms with Crippen molar-refractivity contribution in [2.45, 2.75) is 143 Å². The molecule has 0 aromatic carbocycles. The van der Waals surface area contributed by atoms with Gasteiger partial charge in [-0.25, -0.2) is 7.29 Å². The van der Waals surface area contributed by atoms with Gasteiger partial charge in [0.15, 0.2) is 12.3 Å². The number of ether oxygens (including phenoxy) is 6. The average molecular weight is 1350 g/mol. The van der Waals surface area contributed by atoms with E-state index in [1.54, 1.807) is 27.9 Å². The van der Waals surface area contributed by atoms with Crippen molar-refractivity contribution in [3.63, 3.8) is 0 Å². The van der Waals surface area contributed by atoms with Crippen LogP contribution in [-0.4, -0.2) is 123 Å². The molecule has 19 heteroatoms. The summed E-state index contributed by atoms with van der Waals surface area (Å²) in [6.45, 7) is 26.1. The van der Waals surface area contributed by atoms with Crippen LogP contribution in [-0.2, 0) is 272 Å². The number of rotatable bonds is 7. The van der Waals surface area contributed by atoms with Crippen LogP contribution in [0.15, 0.2) is 17.3 Å². The Hall–Kier alpha value is 5.67. The summed E-state index contributed by atoms with van der Waals surface area (Å²) in [5.41, 5.74) is -1.55. The Morgan fingerprint density at radius 2 is 1.57 bits per heavy atom. The third kappa shape index (κ3) is 21.1. The fraction of sp³-hybridized carbons (Fsp3) is 0.795. The Morgan fingerprint density at radius 3 is 2.05 bits per heavy atom. The van der Waals surface area contributed by atoms with Crippen molar-refractivity contribution in [3.05, 3.63) is 32.4 Å². The first-order valence-electron chi connectivity index (χ1n) is 18.8. The number of cyclic esters (lactones) is 1. The van der Waals surface area contributed by atoms with Crippen molar-refractivity contribution in [3.8, 4) is 0 Å². The molecule has 0 aromatic heterocycles. The molecule has 12 atom stereocenters. The second-order valence-corrected chi connectivity index (χ2v) is 14.5. The summed E-state index contributed by atoms with van der Waals surface area (Å²) in [4.78, 5) is 35.4. The molecule has 2 bridgehead atoms. The Morgan fingerprint density at radius 1 is 1.02 bits per heavy atom. The van der Waals surface area contributed by atoms with Crippen LogP contribution in [0.5, 0.6) is 0 Å². The van der Waals surface area contributed by atoms with Gasteiger partial charge >= 0.3 is 0 Å². The van der Waals surface area contributed by atoms with Gasteiger partial charge in [0.25, 0.3) is 0 Å². The number of Topliss-reactive ketones (excluding diaryl/α,β-unsaturated/α-hetero) is 1. The number of likely N-dealkylation sites (N-methyl/N-ethyl adjacent to an activating group) is 1. The standard InChI is InChI=1S/C36H61N2O10.C2H5.CH3.7Y/c1-14-28-36(10,41)32-23(6)22(5)20(3)17-35(9,44-19-26(18-43-32)37-45-15-2)31(24(7)29(39)25(8)33(40)47-28)48-34-30(42-13)27(38(11)12)16-21(4)46-34;1-2;;;;;;;;/h20-21,23-24,27-28,30-32,34,41H,5,14-19H2,1-4,6-13H3;1H2,2H3;1H3;;;;;;;/q3*-1;;;;;;;/t20-,21-,23+,24+,27+,28-,30-,31-,32-,34+,35-,36-;;;;;;;;;/m1........./s1/i;;1T;;;;;;;. The fourth-order valence-corrected chi connectivity index (χ4v) is 7.57. The monoisotopic (exact) mass is 1350 g/mol. The van der Waals surface area contributed by atoms with E-state index in [1.807, 2.05) is 55.6 Å². The molecule has 3 heterocycles. The summed E-state index contributed by atoms with van der Waals surface area (Å²) in [7, 11) is 8.10. The molecule has 7 radical (unpaired) electrons. The van der Waals surface area contributed by atoms with Crippen LogP contribution in [0.2, 0.25) is 0 Å². The molecule has 3 aliphatic heterocycles. The molecule has 0 amide bonds. The third-order valence-corrected chi connectivity index (χ3v) is 10.5. The van der Waals surface area contributed by atoms with Gasteiger partial charge in [-0.1, -0.05) is 45.0 Å². The first-order chi connectivity index (χ1) is 24.4. The van der Waals surface area contributed by atoms with Crippen LogP contribution >= 0.6 is 0 Å².